The minimum absolute atomic E-state index is 0.0374. The van der Waals surface area contributed by atoms with Gasteiger partial charge >= 0.3 is 0 Å². The number of piperazine rings is 1. The van der Waals surface area contributed by atoms with E-state index >= 15 is 0 Å². The predicted molar refractivity (Wildman–Crippen MR) is 74.5 cm³/mol. The first-order valence-corrected chi connectivity index (χ1v) is 6.59. The molecule has 1 amide bonds. The van der Waals surface area contributed by atoms with Crippen LogP contribution in [0.1, 0.15) is 10.4 Å². The molecule has 0 bridgehead atoms. The molecular weight excluding hydrogens is 266 g/mol. The molecule has 1 unspecified atom stereocenters. The van der Waals surface area contributed by atoms with Gasteiger partial charge < -0.3 is 20.6 Å². The molecule has 1 aromatic rings. The first-order valence-electron chi connectivity index (χ1n) is 6.21. The Balaban J connectivity index is 2.25. The van der Waals surface area contributed by atoms with Crippen LogP contribution in [-0.4, -0.2) is 60.1 Å². The fraction of sp³-hybridized carbons (Fsp3) is 0.462. The largest absolute Gasteiger partial charge is 0.507 e. The van der Waals surface area contributed by atoms with Crippen molar-refractivity contribution >= 4 is 17.5 Å². The van der Waals surface area contributed by atoms with Crippen LogP contribution in [0.25, 0.3) is 0 Å². The average Bonchev–Trinajstić information content (AvgIpc) is 2.40. The molecule has 1 heterocycles. The number of likely N-dealkylation sites (N-methyl/N-ethyl adjacent to an activating group) is 1. The van der Waals surface area contributed by atoms with Gasteiger partial charge in [-0.25, -0.2) is 0 Å². The van der Waals surface area contributed by atoms with Crippen LogP contribution in [0.3, 0.4) is 0 Å². The standard InChI is InChI=1S/C13H18ClN3O2/c1-16-4-5-17(10(7-15)8-16)13(19)11-6-9(14)2-3-12(11)18/h2-3,6,10,18H,4-5,7-8,15H2,1H3. The van der Waals surface area contributed by atoms with Gasteiger partial charge in [0.15, 0.2) is 0 Å². The molecular formula is C13H18ClN3O2. The van der Waals surface area contributed by atoms with Gasteiger partial charge in [-0.15, -0.1) is 0 Å². The van der Waals surface area contributed by atoms with Crippen LogP contribution in [0.5, 0.6) is 5.75 Å². The Morgan fingerprint density at radius 2 is 2.26 bits per heavy atom. The number of phenolic OH excluding ortho intramolecular Hbond substituents is 1. The third-order valence-electron chi connectivity index (χ3n) is 3.41. The summed E-state index contributed by atoms with van der Waals surface area (Å²) < 4.78 is 0. The highest BCUT2D eigenvalue weighted by atomic mass is 35.5. The van der Waals surface area contributed by atoms with Crippen LogP contribution in [0.2, 0.25) is 5.02 Å². The van der Waals surface area contributed by atoms with E-state index in [2.05, 4.69) is 4.90 Å². The monoisotopic (exact) mass is 283 g/mol. The van der Waals surface area contributed by atoms with Crippen LogP contribution < -0.4 is 5.73 Å². The lowest BCUT2D eigenvalue weighted by molar-refractivity contribution is 0.0513. The van der Waals surface area contributed by atoms with Crippen molar-refractivity contribution < 1.29 is 9.90 Å². The van der Waals surface area contributed by atoms with Gasteiger partial charge in [0.05, 0.1) is 11.6 Å². The number of phenols is 1. The number of halogens is 1. The molecule has 104 valence electrons. The van der Waals surface area contributed by atoms with E-state index in [1.807, 2.05) is 7.05 Å². The Hall–Kier alpha value is -1.30. The maximum absolute atomic E-state index is 12.5. The lowest BCUT2D eigenvalue weighted by atomic mass is 10.1. The second kappa shape index (κ2) is 5.77. The summed E-state index contributed by atoms with van der Waals surface area (Å²) in [5.74, 6) is -0.271. The maximum atomic E-state index is 12.5. The Labute approximate surface area is 117 Å². The second-order valence-electron chi connectivity index (χ2n) is 4.81. The normalized spacial score (nSPS) is 20.6. The second-order valence-corrected chi connectivity index (χ2v) is 5.25. The highest BCUT2D eigenvalue weighted by Gasteiger charge is 2.29. The predicted octanol–water partition coefficient (Wildman–Crippen LogP) is 0.761. The van der Waals surface area contributed by atoms with E-state index in [1.165, 1.54) is 12.1 Å². The van der Waals surface area contributed by atoms with Crippen LogP contribution in [0, 0.1) is 0 Å². The molecule has 1 fully saturated rings. The molecule has 1 atom stereocenters. The van der Waals surface area contributed by atoms with Gasteiger partial charge in [-0.05, 0) is 25.2 Å². The minimum atomic E-state index is -0.219. The van der Waals surface area contributed by atoms with Gasteiger partial charge in [0, 0.05) is 31.2 Å². The number of hydrogen-bond donors (Lipinski definition) is 2. The van der Waals surface area contributed by atoms with E-state index in [1.54, 1.807) is 11.0 Å². The summed E-state index contributed by atoms with van der Waals surface area (Å²) >= 11 is 5.88. The van der Waals surface area contributed by atoms with Crippen molar-refractivity contribution in [1.29, 1.82) is 0 Å². The number of hydrogen-bond acceptors (Lipinski definition) is 4. The van der Waals surface area contributed by atoms with E-state index in [4.69, 9.17) is 17.3 Å². The topological polar surface area (TPSA) is 69.8 Å². The van der Waals surface area contributed by atoms with E-state index in [0.29, 0.717) is 18.1 Å². The number of nitrogens with zero attached hydrogens (tertiary/aromatic N) is 2. The molecule has 0 aromatic heterocycles. The maximum Gasteiger partial charge on any atom is 0.258 e. The number of rotatable bonds is 2. The molecule has 2 rings (SSSR count). The first kappa shape index (κ1) is 14.1. The van der Waals surface area contributed by atoms with Gasteiger partial charge in [-0.1, -0.05) is 11.6 Å². The number of carbonyl (C=O) groups excluding carboxylic acids is 1. The highest BCUT2D eigenvalue weighted by molar-refractivity contribution is 6.31. The quantitative estimate of drug-likeness (QED) is 0.841. The summed E-state index contributed by atoms with van der Waals surface area (Å²) in [7, 11) is 2.00. The molecule has 1 aliphatic rings. The number of carbonyl (C=O) groups is 1. The zero-order valence-corrected chi connectivity index (χ0v) is 11.6. The molecule has 0 radical (unpaired) electrons. The van der Waals surface area contributed by atoms with Crippen LogP contribution in [0.4, 0.5) is 0 Å². The minimum Gasteiger partial charge on any atom is -0.507 e. The first-order chi connectivity index (χ1) is 9.02. The Morgan fingerprint density at radius 1 is 1.53 bits per heavy atom. The summed E-state index contributed by atoms with van der Waals surface area (Å²) in [5, 5.41) is 10.2. The van der Waals surface area contributed by atoms with Crippen molar-refractivity contribution in [2.45, 2.75) is 6.04 Å². The summed E-state index contributed by atoms with van der Waals surface area (Å²) in [6.07, 6.45) is 0. The van der Waals surface area contributed by atoms with Crippen LogP contribution in [0.15, 0.2) is 18.2 Å². The molecule has 5 nitrogen and oxygen atoms in total. The fourth-order valence-corrected chi connectivity index (χ4v) is 2.49. The van der Waals surface area contributed by atoms with Crippen molar-refractivity contribution in [3.05, 3.63) is 28.8 Å². The zero-order chi connectivity index (χ0) is 14.0. The summed E-state index contributed by atoms with van der Waals surface area (Å²) in [6.45, 7) is 2.54. The molecule has 1 aliphatic heterocycles. The summed E-state index contributed by atoms with van der Waals surface area (Å²) in [6, 6.07) is 4.44. The van der Waals surface area contributed by atoms with Crippen molar-refractivity contribution in [2.75, 3.05) is 33.2 Å². The molecule has 0 saturated carbocycles. The molecule has 19 heavy (non-hydrogen) atoms. The van der Waals surface area contributed by atoms with Crippen molar-refractivity contribution in [3.63, 3.8) is 0 Å². The Morgan fingerprint density at radius 3 is 2.95 bits per heavy atom. The number of aromatic hydroxyl groups is 1. The number of nitrogens with two attached hydrogens (primary N) is 1. The van der Waals surface area contributed by atoms with Crippen molar-refractivity contribution in [3.8, 4) is 5.75 Å². The Bertz CT molecular complexity index is 481. The van der Waals surface area contributed by atoms with E-state index < -0.39 is 0 Å². The molecule has 1 saturated heterocycles. The molecule has 3 N–H and O–H groups in total. The molecule has 1 aromatic carbocycles. The van der Waals surface area contributed by atoms with Gasteiger partial charge in [-0.2, -0.15) is 0 Å². The van der Waals surface area contributed by atoms with E-state index in [0.717, 1.165) is 13.1 Å². The third kappa shape index (κ3) is 3.00. The lowest BCUT2D eigenvalue weighted by Gasteiger charge is -2.39. The molecule has 0 spiro atoms. The SMILES string of the molecule is CN1CCN(C(=O)c2cc(Cl)ccc2O)C(CN)C1. The Kier molecular flexibility index (Phi) is 4.29. The van der Waals surface area contributed by atoms with Crippen LogP contribution in [-0.2, 0) is 0 Å². The third-order valence-corrected chi connectivity index (χ3v) is 3.64. The number of benzene rings is 1. The molecule has 0 aliphatic carbocycles. The summed E-state index contributed by atoms with van der Waals surface area (Å²) in [4.78, 5) is 16.3. The van der Waals surface area contributed by atoms with Crippen molar-refractivity contribution in [2.24, 2.45) is 5.73 Å². The van der Waals surface area contributed by atoms with E-state index in [9.17, 15) is 9.90 Å². The lowest BCUT2D eigenvalue weighted by Crippen LogP contribution is -2.56. The van der Waals surface area contributed by atoms with Gasteiger partial charge in [-0.3, -0.25) is 4.79 Å². The van der Waals surface area contributed by atoms with Gasteiger partial charge in [0.2, 0.25) is 0 Å². The van der Waals surface area contributed by atoms with Crippen LogP contribution >= 0.6 is 11.6 Å². The van der Waals surface area contributed by atoms with Crippen molar-refractivity contribution in [1.82, 2.24) is 9.80 Å². The average molecular weight is 284 g/mol. The number of amides is 1. The molecule has 6 heteroatoms. The van der Waals surface area contributed by atoms with Gasteiger partial charge in [0.1, 0.15) is 5.75 Å². The van der Waals surface area contributed by atoms with E-state index in [-0.39, 0.29) is 23.3 Å². The highest BCUT2D eigenvalue weighted by Crippen LogP contribution is 2.24. The zero-order valence-electron chi connectivity index (χ0n) is 10.8. The summed E-state index contributed by atoms with van der Waals surface area (Å²) in [5.41, 5.74) is 5.96. The fourth-order valence-electron chi connectivity index (χ4n) is 2.31. The smallest absolute Gasteiger partial charge is 0.258 e. The van der Waals surface area contributed by atoms with Gasteiger partial charge in [0.25, 0.3) is 5.91 Å².